The van der Waals surface area contributed by atoms with E-state index in [2.05, 4.69) is 9.64 Å². The molecule has 1 amide bonds. The highest BCUT2D eigenvalue weighted by molar-refractivity contribution is 5.94. The van der Waals surface area contributed by atoms with Gasteiger partial charge in [0.05, 0.1) is 0 Å². The number of rotatable bonds is 4. The van der Waals surface area contributed by atoms with E-state index in [1.807, 2.05) is 30.3 Å². The number of carbonyl (C=O) groups is 1. The SMILES string of the molecule is O=C(c1cccc(OC(F)F)c1)N1CCN(c2ccccc2)CC1. The summed E-state index contributed by atoms with van der Waals surface area (Å²) >= 11 is 0. The van der Waals surface area contributed by atoms with Crippen LogP contribution in [-0.4, -0.2) is 43.6 Å². The number of benzene rings is 2. The monoisotopic (exact) mass is 332 g/mol. The molecule has 3 rings (SSSR count). The lowest BCUT2D eigenvalue weighted by molar-refractivity contribution is -0.0499. The van der Waals surface area contributed by atoms with Crippen LogP contribution in [0.25, 0.3) is 0 Å². The Morgan fingerprint density at radius 1 is 0.958 bits per heavy atom. The molecule has 1 aliphatic heterocycles. The van der Waals surface area contributed by atoms with Gasteiger partial charge in [0.15, 0.2) is 0 Å². The third-order valence-electron chi connectivity index (χ3n) is 3.99. The van der Waals surface area contributed by atoms with Gasteiger partial charge in [-0.05, 0) is 30.3 Å². The highest BCUT2D eigenvalue weighted by atomic mass is 19.3. The van der Waals surface area contributed by atoms with Gasteiger partial charge >= 0.3 is 6.61 Å². The van der Waals surface area contributed by atoms with Crippen molar-refractivity contribution in [2.45, 2.75) is 6.61 Å². The Kier molecular flexibility index (Phi) is 4.93. The molecule has 6 heteroatoms. The second-order valence-corrected chi connectivity index (χ2v) is 5.52. The van der Waals surface area contributed by atoms with Crippen LogP contribution < -0.4 is 9.64 Å². The molecule has 4 nitrogen and oxygen atoms in total. The lowest BCUT2D eigenvalue weighted by Gasteiger charge is -2.36. The van der Waals surface area contributed by atoms with E-state index in [0.717, 1.165) is 18.8 Å². The number of amides is 1. The second-order valence-electron chi connectivity index (χ2n) is 5.52. The van der Waals surface area contributed by atoms with Gasteiger partial charge in [-0.15, -0.1) is 0 Å². The van der Waals surface area contributed by atoms with E-state index in [1.54, 1.807) is 17.0 Å². The summed E-state index contributed by atoms with van der Waals surface area (Å²) in [6, 6.07) is 16.0. The van der Waals surface area contributed by atoms with Gasteiger partial charge < -0.3 is 14.5 Å². The van der Waals surface area contributed by atoms with Gasteiger partial charge in [-0.2, -0.15) is 8.78 Å². The molecule has 0 aliphatic carbocycles. The standard InChI is InChI=1S/C18H18F2N2O2/c19-18(20)24-16-8-4-5-14(13-16)17(23)22-11-9-21(10-12-22)15-6-2-1-3-7-15/h1-8,13,18H,9-12H2. The highest BCUT2D eigenvalue weighted by Crippen LogP contribution is 2.19. The lowest BCUT2D eigenvalue weighted by Crippen LogP contribution is -2.48. The topological polar surface area (TPSA) is 32.8 Å². The maximum Gasteiger partial charge on any atom is 0.387 e. The minimum Gasteiger partial charge on any atom is -0.435 e. The van der Waals surface area contributed by atoms with Crippen molar-refractivity contribution >= 4 is 11.6 Å². The largest absolute Gasteiger partial charge is 0.435 e. The zero-order chi connectivity index (χ0) is 16.9. The number of anilines is 1. The number of alkyl halides is 2. The minimum atomic E-state index is -2.90. The van der Waals surface area contributed by atoms with Crippen LogP contribution in [0.15, 0.2) is 54.6 Å². The van der Waals surface area contributed by atoms with Crippen molar-refractivity contribution in [3.05, 3.63) is 60.2 Å². The molecule has 1 heterocycles. The van der Waals surface area contributed by atoms with E-state index < -0.39 is 6.61 Å². The van der Waals surface area contributed by atoms with Gasteiger partial charge in [-0.3, -0.25) is 4.79 Å². The van der Waals surface area contributed by atoms with Gasteiger partial charge in [-0.1, -0.05) is 24.3 Å². The molecule has 1 saturated heterocycles. The average molecular weight is 332 g/mol. The van der Waals surface area contributed by atoms with Gasteiger partial charge in [0.1, 0.15) is 5.75 Å². The summed E-state index contributed by atoms with van der Waals surface area (Å²) in [6.07, 6.45) is 0. The number of piperazine rings is 1. The first-order valence-corrected chi connectivity index (χ1v) is 7.77. The van der Waals surface area contributed by atoms with Crippen LogP contribution in [0.3, 0.4) is 0 Å². The predicted molar refractivity (Wildman–Crippen MR) is 87.6 cm³/mol. The molecule has 0 saturated carbocycles. The Hall–Kier alpha value is -2.63. The van der Waals surface area contributed by atoms with E-state index in [9.17, 15) is 13.6 Å². The van der Waals surface area contributed by atoms with E-state index in [4.69, 9.17) is 0 Å². The first-order chi connectivity index (χ1) is 11.6. The van der Waals surface area contributed by atoms with Crippen molar-refractivity contribution in [3.8, 4) is 5.75 Å². The molecule has 0 bridgehead atoms. The van der Waals surface area contributed by atoms with E-state index in [-0.39, 0.29) is 11.7 Å². The Morgan fingerprint density at radius 2 is 1.67 bits per heavy atom. The number of ether oxygens (including phenoxy) is 1. The van der Waals surface area contributed by atoms with Gasteiger partial charge in [-0.25, -0.2) is 0 Å². The summed E-state index contributed by atoms with van der Waals surface area (Å²) < 4.78 is 28.9. The van der Waals surface area contributed by atoms with Crippen molar-refractivity contribution in [2.75, 3.05) is 31.1 Å². The zero-order valence-electron chi connectivity index (χ0n) is 13.1. The molecule has 2 aromatic carbocycles. The van der Waals surface area contributed by atoms with Crippen LogP contribution >= 0.6 is 0 Å². The van der Waals surface area contributed by atoms with Gasteiger partial charge in [0.2, 0.25) is 0 Å². The molecule has 0 N–H and O–H groups in total. The first-order valence-electron chi connectivity index (χ1n) is 7.77. The number of para-hydroxylation sites is 1. The number of carbonyl (C=O) groups excluding carboxylic acids is 1. The third kappa shape index (κ3) is 3.82. The zero-order valence-corrected chi connectivity index (χ0v) is 13.1. The molecule has 0 atom stereocenters. The van der Waals surface area contributed by atoms with E-state index in [0.29, 0.717) is 18.7 Å². The number of hydrogen-bond donors (Lipinski definition) is 0. The molecule has 126 valence electrons. The van der Waals surface area contributed by atoms with Gasteiger partial charge in [0.25, 0.3) is 5.91 Å². The molecule has 2 aromatic rings. The van der Waals surface area contributed by atoms with Crippen molar-refractivity contribution in [3.63, 3.8) is 0 Å². The van der Waals surface area contributed by atoms with Crippen molar-refractivity contribution in [2.24, 2.45) is 0 Å². The summed E-state index contributed by atoms with van der Waals surface area (Å²) in [5.41, 5.74) is 1.50. The quantitative estimate of drug-likeness (QED) is 0.862. The molecular weight excluding hydrogens is 314 g/mol. The fourth-order valence-electron chi connectivity index (χ4n) is 2.79. The summed E-state index contributed by atoms with van der Waals surface area (Å²) in [6.45, 7) is -0.238. The Labute approximate surface area is 139 Å². The van der Waals surface area contributed by atoms with E-state index in [1.165, 1.54) is 12.1 Å². The van der Waals surface area contributed by atoms with Crippen molar-refractivity contribution < 1.29 is 18.3 Å². The molecule has 0 aromatic heterocycles. The molecule has 24 heavy (non-hydrogen) atoms. The molecule has 1 aliphatic rings. The number of hydrogen-bond acceptors (Lipinski definition) is 3. The van der Waals surface area contributed by atoms with Crippen molar-refractivity contribution in [1.29, 1.82) is 0 Å². The Bertz CT molecular complexity index is 686. The van der Waals surface area contributed by atoms with Crippen LogP contribution in [0.2, 0.25) is 0 Å². The van der Waals surface area contributed by atoms with Crippen molar-refractivity contribution in [1.82, 2.24) is 4.90 Å². The number of halogens is 2. The number of nitrogens with zero attached hydrogens (tertiary/aromatic N) is 2. The Morgan fingerprint density at radius 3 is 2.33 bits per heavy atom. The van der Waals surface area contributed by atoms with Crippen LogP contribution in [0, 0.1) is 0 Å². The van der Waals surface area contributed by atoms with Crippen LogP contribution in [0.4, 0.5) is 14.5 Å². The second kappa shape index (κ2) is 7.29. The van der Waals surface area contributed by atoms with Crippen LogP contribution in [-0.2, 0) is 0 Å². The van der Waals surface area contributed by atoms with Crippen LogP contribution in [0.5, 0.6) is 5.75 Å². The minimum absolute atomic E-state index is 0.00114. The molecule has 0 radical (unpaired) electrons. The maximum absolute atomic E-state index is 12.5. The third-order valence-corrected chi connectivity index (χ3v) is 3.99. The summed E-state index contributed by atoms with van der Waals surface area (Å²) in [4.78, 5) is 16.5. The smallest absolute Gasteiger partial charge is 0.387 e. The first kappa shape index (κ1) is 16.2. The normalized spacial score (nSPS) is 14.8. The van der Waals surface area contributed by atoms with Gasteiger partial charge in [0, 0.05) is 37.4 Å². The summed E-state index contributed by atoms with van der Waals surface area (Å²) in [5.74, 6) is -0.166. The molecular formula is C18H18F2N2O2. The Balaban J connectivity index is 1.63. The summed E-state index contributed by atoms with van der Waals surface area (Å²) in [7, 11) is 0. The highest BCUT2D eigenvalue weighted by Gasteiger charge is 2.22. The fourth-order valence-corrected chi connectivity index (χ4v) is 2.79. The molecule has 0 spiro atoms. The molecule has 0 unspecified atom stereocenters. The lowest BCUT2D eigenvalue weighted by atomic mass is 10.1. The van der Waals surface area contributed by atoms with Crippen LogP contribution in [0.1, 0.15) is 10.4 Å². The summed E-state index contributed by atoms with van der Waals surface area (Å²) in [5, 5.41) is 0. The average Bonchev–Trinajstić information content (AvgIpc) is 2.62. The maximum atomic E-state index is 12.5. The molecule has 1 fully saturated rings. The predicted octanol–water partition coefficient (Wildman–Crippen LogP) is 3.25. The van der Waals surface area contributed by atoms with E-state index >= 15 is 0 Å². The fraction of sp³-hybridized carbons (Fsp3) is 0.278.